The van der Waals surface area contributed by atoms with Crippen molar-refractivity contribution in [3.8, 4) is 0 Å². The molecule has 1 fully saturated rings. The summed E-state index contributed by atoms with van der Waals surface area (Å²) in [5.41, 5.74) is 1.93. The van der Waals surface area contributed by atoms with E-state index in [9.17, 15) is 4.79 Å². The molecule has 16 heavy (non-hydrogen) atoms. The standard InChI is InChI=1S/C12H19N3O/c1-13-12(16)11-7-6-10(15(11)2)9-5-3-4-8-14-9/h6-7,9,14H,3-5,8H2,1-2H3,(H,13,16)/t9-/m0/s1. The van der Waals surface area contributed by atoms with E-state index in [4.69, 9.17) is 0 Å². The lowest BCUT2D eigenvalue weighted by Crippen LogP contribution is -2.29. The lowest BCUT2D eigenvalue weighted by molar-refractivity contribution is 0.0954. The normalized spacial score (nSPS) is 20.8. The zero-order valence-electron chi connectivity index (χ0n) is 9.92. The minimum Gasteiger partial charge on any atom is -0.354 e. The molecule has 1 aliphatic rings. The highest BCUT2D eigenvalue weighted by molar-refractivity contribution is 5.92. The van der Waals surface area contributed by atoms with Crippen molar-refractivity contribution in [3.05, 3.63) is 23.5 Å². The van der Waals surface area contributed by atoms with Gasteiger partial charge in [-0.05, 0) is 31.5 Å². The molecule has 0 spiro atoms. The van der Waals surface area contributed by atoms with E-state index in [-0.39, 0.29) is 5.91 Å². The molecule has 0 radical (unpaired) electrons. The summed E-state index contributed by atoms with van der Waals surface area (Å²) in [5, 5.41) is 6.15. The third-order valence-corrected chi connectivity index (χ3v) is 3.29. The molecule has 1 aromatic heterocycles. The number of hydrogen-bond acceptors (Lipinski definition) is 2. The molecule has 0 aromatic carbocycles. The number of rotatable bonds is 2. The highest BCUT2D eigenvalue weighted by Crippen LogP contribution is 2.24. The number of nitrogens with one attached hydrogen (secondary N) is 2. The van der Waals surface area contributed by atoms with Crippen molar-refractivity contribution in [3.63, 3.8) is 0 Å². The molecular formula is C12H19N3O. The van der Waals surface area contributed by atoms with Crippen molar-refractivity contribution in [1.82, 2.24) is 15.2 Å². The van der Waals surface area contributed by atoms with Crippen LogP contribution in [-0.2, 0) is 7.05 Å². The Kier molecular flexibility index (Phi) is 3.29. The van der Waals surface area contributed by atoms with Gasteiger partial charge in [-0.1, -0.05) is 6.42 Å². The van der Waals surface area contributed by atoms with Gasteiger partial charge in [-0.15, -0.1) is 0 Å². The van der Waals surface area contributed by atoms with E-state index in [1.54, 1.807) is 7.05 Å². The van der Waals surface area contributed by atoms with Crippen LogP contribution in [0.5, 0.6) is 0 Å². The van der Waals surface area contributed by atoms with E-state index in [1.807, 2.05) is 23.7 Å². The summed E-state index contributed by atoms with van der Waals surface area (Å²) in [5.74, 6) is -0.0236. The monoisotopic (exact) mass is 221 g/mol. The lowest BCUT2D eigenvalue weighted by Gasteiger charge is -2.24. The largest absolute Gasteiger partial charge is 0.354 e. The Morgan fingerprint density at radius 3 is 2.94 bits per heavy atom. The fourth-order valence-corrected chi connectivity index (χ4v) is 2.34. The van der Waals surface area contributed by atoms with Crippen LogP contribution >= 0.6 is 0 Å². The first-order valence-electron chi connectivity index (χ1n) is 5.85. The van der Waals surface area contributed by atoms with Gasteiger partial charge in [0.15, 0.2) is 0 Å². The van der Waals surface area contributed by atoms with Gasteiger partial charge in [-0.2, -0.15) is 0 Å². The maximum atomic E-state index is 11.6. The van der Waals surface area contributed by atoms with E-state index in [0.29, 0.717) is 6.04 Å². The van der Waals surface area contributed by atoms with Crippen molar-refractivity contribution in [1.29, 1.82) is 0 Å². The Morgan fingerprint density at radius 2 is 2.31 bits per heavy atom. The van der Waals surface area contributed by atoms with Gasteiger partial charge in [0, 0.05) is 25.8 Å². The smallest absolute Gasteiger partial charge is 0.267 e. The molecule has 1 aromatic rings. The van der Waals surface area contributed by atoms with E-state index in [1.165, 1.54) is 18.5 Å². The number of hydrogen-bond donors (Lipinski definition) is 2. The highest BCUT2D eigenvalue weighted by Gasteiger charge is 2.19. The Morgan fingerprint density at radius 1 is 1.50 bits per heavy atom. The molecule has 0 saturated carbocycles. The van der Waals surface area contributed by atoms with E-state index in [2.05, 4.69) is 10.6 Å². The maximum absolute atomic E-state index is 11.6. The predicted molar refractivity (Wildman–Crippen MR) is 63.4 cm³/mol. The van der Waals surface area contributed by atoms with Crippen LogP contribution in [0.1, 0.15) is 41.5 Å². The summed E-state index contributed by atoms with van der Waals surface area (Å²) in [7, 11) is 3.62. The van der Waals surface area contributed by atoms with Crippen LogP contribution < -0.4 is 10.6 Å². The Balaban J connectivity index is 2.21. The third kappa shape index (κ3) is 1.97. The molecule has 0 bridgehead atoms. The van der Waals surface area contributed by atoms with Gasteiger partial charge in [0.2, 0.25) is 0 Å². The Labute approximate surface area is 96.0 Å². The van der Waals surface area contributed by atoms with Crippen molar-refractivity contribution < 1.29 is 4.79 Å². The molecular weight excluding hydrogens is 202 g/mol. The number of amides is 1. The molecule has 2 rings (SSSR count). The molecule has 1 atom stereocenters. The minimum absolute atomic E-state index is 0.0236. The van der Waals surface area contributed by atoms with Crippen LogP contribution in [0.4, 0.5) is 0 Å². The first kappa shape index (κ1) is 11.2. The molecule has 0 aliphatic carbocycles. The van der Waals surface area contributed by atoms with Crippen molar-refractivity contribution in [2.75, 3.05) is 13.6 Å². The summed E-state index contributed by atoms with van der Waals surface area (Å²) >= 11 is 0. The van der Waals surface area contributed by atoms with Crippen molar-refractivity contribution in [2.24, 2.45) is 7.05 Å². The number of carbonyl (C=O) groups is 1. The maximum Gasteiger partial charge on any atom is 0.267 e. The van der Waals surface area contributed by atoms with E-state index < -0.39 is 0 Å². The summed E-state index contributed by atoms with van der Waals surface area (Å²) in [6.07, 6.45) is 3.67. The van der Waals surface area contributed by atoms with Gasteiger partial charge < -0.3 is 15.2 Å². The molecule has 2 N–H and O–H groups in total. The fraction of sp³-hybridized carbons (Fsp3) is 0.583. The molecule has 4 nitrogen and oxygen atoms in total. The average molecular weight is 221 g/mol. The van der Waals surface area contributed by atoms with Crippen LogP contribution in [0.3, 0.4) is 0 Å². The van der Waals surface area contributed by atoms with Gasteiger partial charge in [0.25, 0.3) is 5.91 Å². The first-order chi connectivity index (χ1) is 7.74. The minimum atomic E-state index is -0.0236. The topological polar surface area (TPSA) is 46.1 Å². The van der Waals surface area contributed by atoms with Crippen molar-refractivity contribution in [2.45, 2.75) is 25.3 Å². The second kappa shape index (κ2) is 4.70. The Hall–Kier alpha value is -1.29. The van der Waals surface area contributed by atoms with Crippen LogP contribution in [0.2, 0.25) is 0 Å². The fourth-order valence-electron chi connectivity index (χ4n) is 2.34. The molecule has 4 heteroatoms. The van der Waals surface area contributed by atoms with Crippen LogP contribution in [0.15, 0.2) is 12.1 Å². The van der Waals surface area contributed by atoms with E-state index >= 15 is 0 Å². The third-order valence-electron chi connectivity index (χ3n) is 3.29. The molecule has 2 heterocycles. The SMILES string of the molecule is CNC(=O)c1ccc([C@@H]2CCCCN2)n1C. The highest BCUT2D eigenvalue weighted by atomic mass is 16.1. The van der Waals surface area contributed by atoms with Gasteiger partial charge in [0.1, 0.15) is 5.69 Å². The zero-order valence-corrected chi connectivity index (χ0v) is 9.92. The summed E-state index contributed by atoms with van der Waals surface area (Å²) in [6, 6.07) is 4.34. The molecule has 1 amide bonds. The van der Waals surface area contributed by atoms with E-state index in [0.717, 1.165) is 18.7 Å². The predicted octanol–water partition coefficient (Wildman–Crippen LogP) is 1.20. The van der Waals surface area contributed by atoms with Crippen LogP contribution in [-0.4, -0.2) is 24.1 Å². The lowest BCUT2D eigenvalue weighted by atomic mass is 10.0. The summed E-state index contributed by atoms with van der Waals surface area (Å²) < 4.78 is 1.99. The number of piperidine rings is 1. The molecule has 1 saturated heterocycles. The molecule has 0 unspecified atom stereocenters. The summed E-state index contributed by atoms with van der Waals surface area (Å²) in [4.78, 5) is 11.6. The van der Waals surface area contributed by atoms with Gasteiger partial charge in [-0.25, -0.2) is 0 Å². The van der Waals surface area contributed by atoms with Gasteiger partial charge >= 0.3 is 0 Å². The first-order valence-corrected chi connectivity index (χ1v) is 5.85. The average Bonchev–Trinajstić information content (AvgIpc) is 2.71. The van der Waals surface area contributed by atoms with Gasteiger partial charge in [0.05, 0.1) is 0 Å². The number of carbonyl (C=O) groups excluding carboxylic acids is 1. The van der Waals surface area contributed by atoms with Crippen LogP contribution in [0.25, 0.3) is 0 Å². The second-order valence-electron chi connectivity index (χ2n) is 4.28. The number of nitrogens with zero attached hydrogens (tertiary/aromatic N) is 1. The quantitative estimate of drug-likeness (QED) is 0.788. The zero-order chi connectivity index (χ0) is 11.5. The second-order valence-corrected chi connectivity index (χ2v) is 4.28. The van der Waals surface area contributed by atoms with Crippen molar-refractivity contribution >= 4 is 5.91 Å². The van der Waals surface area contributed by atoms with Crippen LogP contribution in [0, 0.1) is 0 Å². The molecule has 88 valence electrons. The Bertz CT molecular complexity index is 378. The summed E-state index contributed by atoms with van der Waals surface area (Å²) in [6.45, 7) is 1.07. The number of aromatic nitrogens is 1. The van der Waals surface area contributed by atoms with Gasteiger partial charge in [-0.3, -0.25) is 4.79 Å². The molecule has 1 aliphatic heterocycles.